The number of fused-ring (bicyclic) bond motifs is 3. The molecule has 0 spiro atoms. The third-order valence-electron chi connectivity index (χ3n) is 5.66. The summed E-state index contributed by atoms with van der Waals surface area (Å²) in [7, 11) is 1.83. The maximum atomic E-state index is 12.5. The zero-order valence-corrected chi connectivity index (χ0v) is 15.2. The van der Waals surface area contributed by atoms with E-state index in [1.807, 2.05) is 31.4 Å². The molecule has 0 atom stereocenters. The number of aromatic nitrogens is 5. The summed E-state index contributed by atoms with van der Waals surface area (Å²) in [5.74, 6) is 0.300. The van der Waals surface area contributed by atoms with Gasteiger partial charge in [-0.2, -0.15) is 0 Å². The highest BCUT2D eigenvalue weighted by Crippen LogP contribution is 2.36. The van der Waals surface area contributed by atoms with E-state index in [1.54, 1.807) is 10.9 Å². The van der Waals surface area contributed by atoms with Crippen LogP contribution >= 0.6 is 0 Å². The second-order valence-electron chi connectivity index (χ2n) is 7.43. The Bertz CT molecular complexity index is 994. The zero-order valence-electron chi connectivity index (χ0n) is 15.2. The van der Waals surface area contributed by atoms with Gasteiger partial charge in [-0.15, -0.1) is 5.10 Å². The molecule has 27 heavy (non-hydrogen) atoms. The van der Waals surface area contributed by atoms with Crippen LogP contribution in [0.2, 0.25) is 0 Å². The monoisotopic (exact) mass is 363 g/mol. The van der Waals surface area contributed by atoms with Gasteiger partial charge in [-0.05, 0) is 31.7 Å². The Morgan fingerprint density at radius 2 is 2.00 bits per heavy atom. The SMILES string of the molecule is Cn1cc(-c2ccc3cnc(NC(=O)CN4C5CCC4CC5)nc3c2)nn1. The summed E-state index contributed by atoms with van der Waals surface area (Å²) < 4.78 is 1.66. The first-order chi connectivity index (χ1) is 13.2. The maximum Gasteiger partial charge on any atom is 0.240 e. The lowest BCUT2D eigenvalue weighted by atomic mass is 10.0. The summed E-state index contributed by atoms with van der Waals surface area (Å²) in [6.07, 6.45) is 8.46. The molecule has 2 fully saturated rings. The van der Waals surface area contributed by atoms with Crippen molar-refractivity contribution in [1.29, 1.82) is 0 Å². The predicted molar refractivity (Wildman–Crippen MR) is 101 cm³/mol. The first-order valence-corrected chi connectivity index (χ1v) is 9.35. The molecule has 8 heteroatoms. The molecule has 1 aromatic carbocycles. The molecule has 138 valence electrons. The molecule has 3 aromatic rings. The minimum atomic E-state index is -0.0433. The second-order valence-corrected chi connectivity index (χ2v) is 7.43. The smallest absolute Gasteiger partial charge is 0.240 e. The lowest BCUT2D eigenvalue weighted by molar-refractivity contribution is -0.117. The number of amides is 1. The van der Waals surface area contributed by atoms with Gasteiger partial charge in [0.25, 0.3) is 0 Å². The van der Waals surface area contributed by atoms with E-state index in [1.165, 1.54) is 25.7 Å². The van der Waals surface area contributed by atoms with E-state index in [4.69, 9.17) is 0 Å². The van der Waals surface area contributed by atoms with Gasteiger partial charge in [0.1, 0.15) is 5.69 Å². The Hall–Kier alpha value is -2.87. The average Bonchev–Trinajstić information content (AvgIpc) is 3.37. The lowest BCUT2D eigenvalue weighted by Gasteiger charge is -2.20. The van der Waals surface area contributed by atoms with Crippen LogP contribution in [0.25, 0.3) is 22.2 Å². The average molecular weight is 363 g/mol. The minimum absolute atomic E-state index is 0.0433. The highest BCUT2D eigenvalue weighted by molar-refractivity contribution is 5.92. The minimum Gasteiger partial charge on any atom is -0.293 e. The van der Waals surface area contributed by atoms with Crippen molar-refractivity contribution in [2.45, 2.75) is 37.8 Å². The van der Waals surface area contributed by atoms with Crippen molar-refractivity contribution in [1.82, 2.24) is 29.9 Å². The summed E-state index contributed by atoms with van der Waals surface area (Å²) >= 11 is 0. The molecule has 2 aliphatic heterocycles. The fourth-order valence-electron chi connectivity index (χ4n) is 4.33. The molecular weight excluding hydrogens is 342 g/mol. The van der Waals surface area contributed by atoms with Crippen molar-refractivity contribution in [3.8, 4) is 11.3 Å². The number of hydrogen-bond donors (Lipinski definition) is 1. The number of rotatable bonds is 4. The molecule has 0 unspecified atom stereocenters. The van der Waals surface area contributed by atoms with Crippen LogP contribution in [0.5, 0.6) is 0 Å². The van der Waals surface area contributed by atoms with Gasteiger partial charge in [-0.1, -0.05) is 17.3 Å². The van der Waals surface area contributed by atoms with Gasteiger partial charge in [0.15, 0.2) is 0 Å². The number of hydrogen-bond acceptors (Lipinski definition) is 6. The molecule has 8 nitrogen and oxygen atoms in total. The number of nitrogens with zero attached hydrogens (tertiary/aromatic N) is 6. The topological polar surface area (TPSA) is 88.8 Å². The van der Waals surface area contributed by atoms with Crippen molar-refractivity contribution in [3.63, 3.8) is 0 Å². The van der Waals surface area contributed by atoms with E-state index in [9.17, 15) is 4.79 Å². The van der Waals surface area contributed by atoms with Crippen molar-refractivity contribution in [2.75, 3.05) is 11.9 Å². The van der Waals surface area contributed by atoms with Gasteiger partial charge >= 0.3 is 0 Å². The molecule has 1 amide bonds. The molecule has 5 rings (SSSR count). The van der Waals surface area contributed by atoms with E-state index >= 15 is 0 Å². The van der Waals surface area contributed by atoms with Crippen LogP contribution in [0, 0.1) is 0 Å². The van der Waals surface area contributed by atoms with Gasteiger partial charge in [0.2, 0.25) is 11.9 Å². The summed E-state index contributed by atoms with van der Waals surface area (Å²) in [6, 6.07) is 7.02. The van der Waals surface area contributed by atoms with Crippen molar-refractivity contribution in [3.05, 3.63) is 30.6 Å². The molecule has 0 aliphatic carbocycles. The van der Waals surface area contributed by atoms with Gasteiger partial charge in [-0.3, -0.25) is 19.7 Å². The van der Waals surface area contributed by atoms with Crippen molar-refractivity contribution < 1.29 is 4.79 Å². The zero-order chi connectivity index (χ0) is 18.4. The van der Waals surface area contributed by atoms with Crippen LogP contribution in [0.3, 0.4) is 0 Å². The van der Waals surface area contributed by atoms with E-state index in [0.717, 1.165) is 22.2 Å². The number of carbonyl (C=O) groups excluding carboxylic acids is 1. The largest absolute Gasteiger partial charge is 0.293 e. The summed E-state index contributed by atoms with van der Waals surface area (Å²) in [5, 5.41) is 11.9. The van der Waals surface area contributed by atoms with Crippen molar-refractivity contribution >= 4 is 22.8 Å². The molecule has 0 saturated carbocycles. The molecule has 2 aliphatic rings. The molecule has 4 heterocycles. The van der Waals surface area contributed by atoms with Crippen LogP contribution in [0.15, 0.2) is 30.6 Å². The van der Waals surface area contributed by atoms with E-state index < -0.39 is 0 Å². The predicted octanol–water partition coefficient (Wildman–Crippen LogP) is 1.99. The number of anilines is 1. The van der Waals surface area contributed by atoms with E-state index in [0.29, 0.717) is 24.6 Å². The fraction of sp³-hybridized carbons (Fsp3) is 0.421. The Balaban J connectivity index is 1.35. The number of carbonyl (C=O) groups is 1. The summed E-state index contributed by atoms with van der Waals surface area (Å²) in [5.41, 5.74) is 2.48. The summed E-state index contributed by atoms with van der Waals surface area (Å²) in [4.78, 5) is 23.6. The lowest BCUT2D eigenvalue weighted by Crippen LogP contribution is -2.36. The Morgan fingerprint density at radius 1 is 1.22 bits per heavy atom. The fourth-order valence-corrected chi connectivity index (χ4v) is 4.33. The van der Waals surface area contributed by atoms with Gasteiger partial charge in [0.05, 0.1) is 18.3 Å². The third kappa shape index (κ3) is 3.06. The normalized spacial score (nSPS) is 21.8. The molecule has 2 bridgehead atoms. The highest BCUT2D eigenvalue weighted by Gasteiger charge is 2.39. The van der Waals surface area contributed by atoms with Gasteiger partial charge in [-0.25, -0.2) is 9.97 Å². The Labute approximate surface area is 156 Å². The van der Waals surface area contributed by atoms with Crippen molar-refractivity contribution in [2.24, 2.45) is 7.05 Å². The molecule has 1 N–H and O–H groups in total. The molecule has 2 saturated heterocycles. The maximum absolute atomic E-state index is 12.5. The molecule has 0 radical (unpaired) electrons. The third-order valence-corrected chi connectivity index (χ3v) is 5.66. The second kappa shape index (κ2) is 6.38. The van der Waals surface area contributed by atoms with E-state index in [2.05, 4.69) is 30.5 Å². The van der Waals surface area contributed by atoms with Gasteiger partial charge in [0, 0.05) is 36.3 Å². The van der Waals surface area contributed by atoms with Gasteiger partial charge < -0.3 is 0 Å². The number of benzene rings is 1. The number of aryl methyl sites for hydroxylation is 1. The molecule has 2 aromatic heterocycles. The van der Waals surface area contributed by atoms with Crippen LogP contribution < -0.4 is 5.32 Å². The highest BCUT2D eigenvalue weighted by atomic mass is 16.2. The first-order valence-electron chi connectivity index (χ1n) is 9.35. The standard InChI is InChI=1S/C19H21N7O/c1-25-10-17(23-24-25)12-2-3-13-9-20-19(21-16(13)8-12)22-18(27)11-26-14-4-5-15(26)7-6-14/h2-3,8-10,14-15H,4-7,11H2,1H3,(H,20,21,22,27). The number of nitrogens with one attached hydrogen (secondary N) is 1. The Kier molecular flexibility index (Phi) is 3.86. The van der Waals surface area contributed by atoms with E-state index in [-0.39, 0.29) is 5.91 Å². The van der Waals surface area contributed by atoms with Crippen LogP contribution in [0.1, 0.15) is 25.7 Å². The summed E-state index contributed by atoms with van der Waals surface area (Å²) in [6.45, 7) is 0.427. The van der Waals surface area contributed by atoms with Crippen LogP contribution in [0.4, 0.5) is 5.95 Å². The Morgan fingerprint density at radius 3 is 2.70 bits per heavy atom. The van der Waals surface area contributed by atoms with Crippen LogP contribution in [-0.4, -0.2) is 54.4 Å². The van der Waals surface area contributed by atoms with Crippen LogP contribution in [-0.2, 0) is 11.8 Å². The first kappa shape index (κ1) is 16.3. The quantitative estimate of drug-likeness (QED) is 0.763. The molecular formula is C19H21N7O.